The summed E-state index contributed by atoms with van der Waals surface area (Å²) in [5.74, 6) is 0. The van der Waals surface area contributed by atoms with Gasteiger partial charge in [0, 0.05) is 32.7 Å². The highest BCUT2D eigenvalue weighted by Gasteiger charge is 2.04. The van der Waals surface area contributed by atoms with E-state index in [-0.39, 0.29) is 5.43 Å². The van der Waals surface area contributed by atoms with E-state index in [1.54, 1.807) is 36.4 Å². The fourth-order valence-corrected chi connectivity index (χ4v) is 2.30. The fourth-order valence-electron chi connectivity index (χ4n) is 2.00. The predicted molar refractivity (Wildman–Crippen MR) is 80.0 cm³/mol. The average molecular weight is 290 g/mol. The summed E-state index contributed by atoms with van der Waals surface area (Å²) in [5, 5.41) is 1.81. The molecule has 0 radical (unpaired) electrons. The Balaban J connectivity index is 2.24. The molecule has 19 heavy (non-hydrogen) atoms. The van der Waals surface area contributed by atoms with Crippen LogP contribution < -0.4 is 5.43 Å². The van der Waals surface area contributed by atoms with Crippen molar-refractivity contribution in [2.45, 2.75) is 0 Å². The first kappa shape index (κ1) is 12.3. The van der Waals surface area contributed by atoms with Crippen molar-refractivity contribution < 1.29 is 0 Å². The van der Waals surface area contributed by atoms with Gasteiger partial charge in [0.15, 0.2) is 5.43 Å². The van der Waals surface area contributed by atoms with Gasteiger partial charge in [0.05, 0.1) is 0 Å². The van der Waals surface area contributed by atoms with E-state index in [0.717, 1.165) is 16.8 Å². The molecule has 1 heterocycles. The van der Waals surface area contributed by atoms with E-state index in [2.05, 4.69) is 4.98 Å². The second-order valence-corrected chi connectivity index (χ2v) is 5.12. The Labute approximate surface area is 119 Å². The van der Waals surface area contributed by atoms with Crippen LogP contribution in [0.1, 0.15) is 0 Å². The lowest BCUT2D eigenvalue weighted by Crippen LogP contribution is -2.02. The first-order valence-corrected chi connectivity index (χ1v) is 6.47. The van der Waals surface area contributed by atoms with Crippen LogP contribution in [0.15, 0.2) is 53.3 Å². The number of aromatic amines is 1. The Kier molecular flexibility index (Phi) is 3.05. The van der Waals surface area contributed by atoms with Crippen molar-refractivity contribution in [2.24, 2.45) is 0 Å². The van der Waals surface area contributed by atoms with E-state index in [0.29, 0.717) is 15.4 Å². The molecule has 1 N–H and O–H groups in total. The highest BCUT2D eigenvalue weighted by atomic mass is 35.5. The third kappa shape index (κ3) is 2.37. The minimum atomic E-state index is -0.0544. The number of hydrogen-bond donors (Lipinski definition) is 1. The summed E-state index contributed by atoms with van der Waals surface area (Å²) in [4.78, 5) is 15.3. The van der Waals surface area contributed by atoms with Crippen molar-refractivity contribution in [3.63, 3.8) is 0 Å². The number of pyridine rings is 1. The van der Waals surface area contributed by atoms with Crippen LogP contribution in [-0.2, 0) is 0 Å². The third-order valence-electron chi connectivity index (χ3n) is 2.95. The van der Waals surface area contributed by atoms with Crippen LogP contribution in [-0.4, -0.2) is 4.98 Å². The zero-order valence-corrected chi connectivity index (χ0v) is 11.3. The minimum Gasteiger partial charge on any atom is -0.354 e. The van der Waals surface area contributed by atoms with E-state index in [4.69, 9.17) is 23.2 Å². The summed E-state index contributed by atoms with van der Waals surface area (Å²) in [7, 11) is 0. The Morgan fingerprint density at radius 2 is 1.53 bits per heavy atom. The van der Waals surface area contributed by atoms with E-state index in [1.807, 2.05) is 12.1 Å². The molecule has 3 rings (SSSR count). The maximum absolute atomic E-state index is 12.1. The number of benzene rings is 2. The molecule has 0 saturated carbocycles. The fraction of sp³-hybridized carbons (Fsp3) is 0. The smallest absolute Gasteiger partial charge is 0.190 e. The molecule has 0 unspecified atom stereocenters. The topological polar surface area (TPSA) is 32.9 Å². The Hall–Kier alpha value is -1.77. The number of halogens is 2. The van der Waals surface area contributed by atoms with Gasteiger partial charge in [-0.3, -0.25) is 4.79 Å². The van der Waals surface area contributed by atoms with Crippen molar-refractivity contribution >= 4 is 34.1 Å². The van der Waals surface area contributed by atoms with Gasteiger partial charge in [0.1, 0.15) is 0 Å². The Morgan fingerprint density at radius 1 is 0.842 bits per heavy atom. The number of rotatable bonds is 1. The van der Waals surface area contributed by atoms with Gasteiger partial charge in [-0.15, -0.1) is 0 Å². The van der Waals surface area contributed by atoms with Crippen molar-refractivity contribution in [3.8, 4) is 11.3 Å². The van der Waals surface area contributed by atoms with Gasteiger partial charge in [-0.1, -0.05) is 35.3 Å². The quantitative estimate of drug-likeness (QED) is 0.703. The van der Waals surface area contributed by atoms with Crippen molar-refractivity contribution in [1.82, 2.24) is 4.98 Å². The highest BCUT2D eigenvalue weighted by molar-refractivity contribution is 6.31. The molecule has 3 aromatic rings. The van der Waals surface area contributed by atoms with Crippen molar-refractivity contribution in [3.05, 3.63) is 68.8 Å². The first-order valence-electron chi connectivity index (χ1n) is 5.72. The molecule has 0 aliphatic heterocycles. The third-order valence-corrected chi connectivity index (χ3v) is 3.43. The first-order chi connectivity index (χ1) is 9.13. The molecule has 0 bridgehead atoms. The van der Waals surface area contributed by atoms with Gasteiger partial charge >= 0.3 is 0 Å². The standard InChI is InChI=1S/C15H9Cl2NO/c16-10-3-1-9(2-4-10)14-8-15(19)12-7-11(17)5-6-13(12)18-14/h1-8H,(H,18,19). The molecule has 0 saturated heterocycles. The zero-order chi connectivity index (χ0) is 13.4. The van der Waals surface area contributed by atoms with Gasteiger partial charge < -0.3 is 4.98 Å². The van der Waals surface area contributed by atoms with Gasteiger partial charge in [-0.05, 0) is 35.9 Å². The number of H-pyrrole nitrogens is 1. The van der Waals surface area contributed by atoms with E-state index in [9.17, 15) is 4.79 Å². The Bertz CT molecular complexity index is 806. The highest BCUT2D eigenvalue weighted by Crippen LogP contribution is 2.22. The van der Waals surface area contributed by atoms with Crippen molar-refractivity contribution in [2.75, 3.05) is 0 Å². The molecule has 0 fully saturated rings. The summed E-state index contributed by atoms with van der Waals surface area (Å²) < 4.78 is 0. The summed E-state index contributed by atoms with van der Waals surface area (Å²) in [6.45, 7) is 0. The second kappa shape index (κ2) is 4.72. The molecule has 2 nitrogen and oxygen atoms in total. The lowest BCUT2D eigenvalue weighted by molar-refractivity contribution is 1.38. The SMILES string of the molecule is O=c1cc(-c2ccc(Cl)cc2)[nH]c2ccc(Cl)cc12. The van der Waals surface area contributed by atoms with Gasteiger partial charge in [-0.2, -0.15) is 0 Å². The molecule has 2 aromatic carbocycles. The predicted octanol–water partition coefficient (Wildman–Crippen LogP) is 4.50. The number of nitrogens with one attached hydrogen (secondary N) is 1. The average Bonchev–Trinajstić information content (AvgIpc) is 2.40. The minimum absolute atomic E-state index is 0.0544. The lowest BCUT2D eigenvalue weighted by Gasteiger charge is -2.05. The molecule has 1 aromatic heterocycles. The molecular formula is C15H9Cl2NO. The molecule has 94 valence electrons. The summed E-state index contributed by atoms with van der Waals surface area (Å²) in [6, 6.07) is 14.1. The number of fused-ring (bicyclic) bond motifs is 1. The maximum Gasteiger partial charge on any atom is 0.190 e. The van der Waals surface area contributed by atoms with Crippen LogP contribution in [0.3, 0.4) is 0 Å². The normalized spacial score (nSPS) is 10.8. The van der Waals surface area contributed by atoms with Crippen LogP contribution in [0, 0.1) is 0 Å². The van der Waals surface area contributed by atoms with E-state index < -0.39 is 0 Å². The van der Waals surface area contributed by atoms with Crippen LogP contribution >= 0.6 is 23.2 Å². The van der Waals surface area contributed by atoms with Gasteiger partial charge in [0.2, 0.25) is 0 Å². The summed E-state index contributed by atoms with van der Waals surface area (Å²) in [5.41, 5.74) is 2.39. The van der Waals surface area contributed by atoms with Crippen LogP contribution in [0.2, 0.25) is 10.0 Å². The van der Waals surface area contributed by atoms with E-state index >= 15 is 0 Å². The molecular weight excluding hydrogens is 281 g/mol. The van der Waals surface area contributed by atoms with Crippen LogP contribution in [0.4, 0.5) is 0 Å². The summed E-state index contributed by atoms with van der Waals surface area (Å²) >= 11 is 11.8. The molecule has 0 amide bonds. The van der Waals surface area contributed by atoms with Crippen molar-refractivity contribution in [1.29, 1.82) is 0 Å². The lowest BCUT2D eigenvalue weighted by atomic mass is 10.1. The summed E-state index contributed by atoms with van der Waals surface area (Å²) in [6.07, 6.45) is 0. The van der Waals surface area contributed by atoms with Crippen LogP contribution in [0.25, 0.3) is 22.2 Å². The molecule has 0 aliphatic rings. The number of hydrogen-bond acceptors (Lipinski definition) is 1. The van der Waals surface area contributed by atoms with E-state index in [1.165, 1.54) is 0 Å². The second-order valence-electron chi connectivity index (χ2n) is 4.24. The zero-order valence-electron chi connectivity index (χ0n) is 9.78. The monoisotopic (exact) mass is 289 g/mol. The Morgan fingerprint density at radius 3 is 2.26 bits per heavy atom. The van der Waals surface area contributed by atoms with Gasteiger partial charge in [0.25, 0.3) is 0 Å². The van der Waals surface area contributed by atoms with Gasteiger partial charge in [-0.25, -0.2) is 0 Å². The number of aromatic nitrogens is 1. The molecule has 0 aliphatic carbocycles. The maximum atomic E-state index is 12.1. The molecule has 0 atom stereocenters. The van der Waals surface area contributed by atoms with Crippen LogP contribution in [0.5, 0.6) is 0 Å². The molecule has 4 heteroatoms. The molecule has 0 spiro atoms. The largest absolute Gasteiger partial charge is 0.354 e.